The predicted octanol–water partition coefficient (Wildman–Crippen LogP) is 3.84. The van der Waals surface area contributed by atoms with Crippen LogP contribution in [0.4, 0.5) is 0 Å². The van der Waals surface area contributed by atoms with Crippen molar-refractivity contribution < 1.29 is 23.8 Å². The lowest BCUT2D eigenvalue weighted by molar-refractivity contribution is -0.166. The molecule has 0 fully saturated rings. The van der Waals surface area contributed by atoms with Gasteiger partial charge in [-0.05, 0) is 31.9 Å². The fourth-order valence-corrected chi connectivity index (χ4v) is 5.63. The fraction of sp³-hybridized carbons (Fsp3) is 0.565. The number of nitrogens with zero attached hydrogens (tertiary/aromatic N) is 1. The van der Waals surface area contributed by atoms with Gasteiger partial charge in [0.2, 0.25) is 0 Å². The van der Waals surface area contributed by atoms with Crippen LogP contribution in [0.5, 0.6) is 0 Å². The number of hydrogen-bond acceptors (Lipinski definition) is 5. The molecule has 7 heteroatoms. The second kappa shape index (κ2) is 11.3. The van der Waals surface area contributed by atoms with Crippen molar-refractivity contribution in [2.45, 2.75) is 58.3 Å². The van der Waals surface area contributed by atoms with E-state index in [0.717, 1.165) is 18.4 Å². The standard InChI is InChI=1S/C23H35NO5Si/c1-6-8-14-28-22(26)23(3,16-30(4)5)24-17-29-19(15-27-7-2)20(21(24)25)18-12-10-9-11-13-18/h9-13,30H,6-8,14-17H2,1-5H3. The van der Waals surface area contributed by atoms with Crippen LogP contribution in [0.15, 0.2) is 36.1 Å². The maximum absolute atomic E-state index is 13.7. The summed E-state index contributed by atoms with van der Waals surface area (Å²) in [5.74, 6) is -0.0608. The van der Waals surface area contributed by atoms with E-state index in [2.05, 4.69) is 13.1 Å². The Bertz CT molecular complexity index is 749. The molecule has 1 amide bonds. The van der Waals surface area contributed by atoms with E-state index >= 15 is 0 Å². The molecule has 166 valence electrons. The number of unbranched alkanes of at least 4 members (excludes halogenated alkanes) is 1. The molecule has 0 saturated carbocycles. The van der Waals surface area contributed by atoms with Crippen molar-refractivity contribution in [3.8, 4) is 0 Å². The molecule has 0 radical (unpaired) electrons. The summed E-state index contributed by atoms with van der Waals surface area (Å²) in [4.78, 5) is 28.4. The zero-order valence-corrected chi connectivity index (χ0v) is 20.1. The summed E-state index contributed by atoms with van der Waals surface area (Å²) in [5.41, 5.74) is 0.154. The van der Waals surface area contributed by atoms with Crippen LogP contribution in [0.25, 0.3) is 5.57 Å². The Morgan fingerprint density at radius 3 is 2.53 bits per heavy atom. The molecule has 1 aromatic carbocycles. The van der Waals surface area contributed by atoms with Crippen LogP contribution in [0.2, 0.25) is 19.1 Å². The average Bonchev–Trinajstić information content (AvgIpc) is 2.72. The average molecular weight is 434 g/mol. The Kier molecular flexibility index (Phi) is 9.11. The highest BCUT2D eigenvalue weighted by Crippen LogP contribution is 2.34. The molecule has 1 heterocycles. The highest BCUT2D eigenvalue weighted by Gasteiger charge is 2.47. The first kappa shape index (κ1) is 24.1. The maximum atomic E-state index is 13.7. The van der Waals surface area contributed by atoms with Crippen molar-refractivity contribution in [3.63, 3.8) is 0 Å². The summed E-state index contributed by atoms with van der Waals surface area (Å²) < 4.78 is 17.1. The van der Waals surface area contributed by atoms with Crippen LogP contribution >= 0.6 is 0 Å². The molecule has 1 aliphatic rings. The van der Waals surface area contributed by atoms with E-state index in [9.17, 15) is 9.59 Å². The van der Waals surface area contributed by atoms with E-state index in [1.165, 1.54) is 0 Å². The molecule has 6 nitrogen and oxygen atoms in total. The third-order valence-corrected chi connectivity index (χ3v) is 6.79. The minimum Gasteiger partial charge on any atom is -0.474 e. The van der Waals surface area contributed by atoms with E-state index < -0.39 is 14.3 Å². The molecular formula is C23H35NO5Si. The summed E-state index contributed by atoms with van der Waals surface area (Å²) >= 11 is 0. The Morgan fingerprint density at radius 1 is 1.23 bits per heavy atom. The molecule has 0 bridgehead atoms. The van der Waals surface area contributed by atoms with Gasteiger partial charge in [-0.2, -0.15) is 0 Å². The van der Waals surface area contributed by atoms with E-state index in [-0.39, 0.29) is 25.2 Å². The van der Waals surface area contributed by atoms with Gasteiger partial charge in [-0.15, -0.1) is 0 Å². The third-order valence-electron chi connectivity index (χ3n) is 5.18. The van der Waals surface area contributed by atoms with Gasteiger partial charge in [0.05, 0.1) is 12.2 Å². The van der Waals surface area contributed by atoms with Gasteiger partial charge in [-0.1, -0.05) is 56.8 Å². The lowest BCUT2D eigenvalue weighted by Gasteiger charge is -2.42. The number of hydrogen-bond donors (Lipinski definition) is 0. The van der Waals surface area contributed by atoms with Crippen LogP contribution in [-0.2, 0) is 23.8 Å². The molecule has 0 spiro atoms. The van der Waals surface area contributed by atoms with E-state index in [0.29, 0.717) is 30.6 Å². The quantitative estimate of drug-likeness (QED) is 0.301. The highest BCUT2D eigenvalue weighted by molar-refractivity contribution is 6.56. The number of ether oxygens (including phenoxy) is 3. The Balaban J connectivity index is 2.42. The van der Waals surface area contributed by atoms with Gasteiger partial charge in [-0.3, -0.25) is 9.69 Å². The first-order chi connectivity index (χ1) is 14.3. The molecule has 1 atom stereocenters. The lowest BCUT2D eigenvalue weighted by atomic mass is 9.97. The second-order valence-electron chi connectivity index (χ2n) is 8.17. The summed E-state index contributed by atoms with van der Waals surface area (Å²) in [7, 11) is -1.21. The van der Waals surface area contributed by atoms with Crippen LogP contribution < -0.4 is 0 Å². The van der Waals surface area contributed by atoms with Crippen molar-refractivity contribution in [1.82, 2.24) is 4.90 Å². The molecule has 2 rings (SSSR count). The largest absolute Gasteiger partial charge is 0.474 e. The number of amides is 1. The van der Waals surface area contributed by atoms with Gasteiger partial charge in [-0.25, -0.2) is 4.79 Å². The smallest absolute Gasteiger partial charge is 0.331 e. The number of carbonyl (C=O) groups is 2. The van der Waals surface area contributed by atoms with Gasteiger partial charge in [0.15, 0.2) is 6.73 Å². The van der Waals surface area contributed by atoms with Crippen molar-refractivity contribution in [2.24, 2.45) is 0 Å². The molecule has 0 aromatic heterocycles. The minimum atomic E-state index is -1.21. The van der Waals surface area contributed by atoms with Gasteiger partial charge in [0, 0.05) is 15.4 Å². The number of carbonyl (C=O) groups excluding carboxylic acids is 2. The van der Waals surface area contributed by atoms with Gasteiger partial charge >= 0.3 is 5.97 Å². The SMILES string of the molecule is CCCCOC(=O)C(C)(C[SiH](C)C)N1COC(COCC)=C(c2ccccc2)C1=O. The Morgan fingerprint density at radius 2 is 1.93 bits per heavy atom. The summed E-state index contributed by atoms with van der Waals surface area (Å²) in [5, 5.41) is 0. The molecule has 0 aliphatic carbocycles. The van der Waals surface area contributed by atoms with Crippen molar-refractivity contribution in [1.29, 1.82) is 0 Å². The topological polar surface area (TPSA) is 65.1 Å². The van der Waals surface area contributed by atoms with Crippen LogP contribution in [0, 0.1) is 0 Å². The summed E-state index contributed by atoms with van der Waals surface area (Å²) in [6.07, 6.45) is 1.75. The molecule has 1 unspecified atom stereocenters. The highest BCUT2D eigenvalue weighted by atomic mass is 28.3. The predicted molar refractivity (Wildman–Crippen MR) is 121 cm³/mol. The Labute approximate surface area is 181 Å². The van der Waals surface area contributed by atoms with E-state index in [1.807, 2.05) is 51.1 Å². The first-order valence-electron chi connectivity index (χ1n) is 10.8. The van der Waals surface area contributed by atoms with Crippen LogP contribution in [0.3, 0.4) is 0 Å². The first-order valence-corrected chi connectivity index (χ1v) is 14.0. The van der Waals surface area contributed by atoms with Crippen LogP contribution in [0.1, 0.15) is 39.2 Å². The monoisotopic (exact) mass is 433 g/mol. The molecule has 1 aromatic rings. The molecular weight excluding hydrogens is 398 g/mol. The minimum absolute atomic E-state index is 0.0120. The van der Waals surface area contributed by atoms with Gasteiger partial charge in [0.25, 0.3) is 5.91 Å². The van der Waals surface area contributed by atoms with Gasteiger partial charge < -0.3 is 14.2 Å². The zero-order chi connectivity index (χ0) is 22.1. The number of rotatable bonds is 11. The fourth-order valence-electron chi connectivity index (χ4n) is 3.66. The molecule has 1 aliphatic heterocycles. The molecule has 0 N–H and O–H groups in total. The van der Waals surface area contributed by atoms with E-state index in [4.69, 9.17) is 14.2 Å². The molecule has 30 heavy (non-hydrogen) atoms. The normalized spacial score (nSPS) is 16.5. The maximum Gasteiger partial charge on any atom is 0.331 e. The summed E-state index contributed by atoms with van der Waals surface area (Å²) in [6, 6.07) is 10.0. The number of esters is 1. The third kappa shape index (κ3) is 5.73. The van der Waals surface area contributed by atoms with Crippen molar-refractivity contribution >= 4 is 26.2 Å². The zero-order valence-electron chi connectivity index (χ0n) is 18.9. The summed E-state index contributed by atoms with van der Waals surface area (Å²) in [6.45, 7) is 11.2. The molecule has 0 saturated heterocycles. The Hall–Kier alpha value is -2.12. The lowest BCUT2D eigenvalue weighted by Crippen LogP contribution is -2.59. The van der Waals surface area contributed by atoms with Crippen LogP contribution in [-0.4, -0.2) is 57.7 Å². The van der Waals surface area contributed by atoms with Crippen molar-refractivity contribution in [2.75, 3.05) is 26.6 Å². The number of benzene rings is 1. The van der Waals surface area contributed by atoms with Gasteiger partial charge in [0.1, 0.15) is 17.9 Å². The second-order valence-corrected chi connectivity index (χ2v) is 11.4. The van der Waals surface area contributed by atoms with Crippen molar-refractivity contribution in [3.05, 3.63) is 41.7 Å². The van der Waals surface area contributed by atoms with E-state index in [1.54, 1.807) is 4.90 Å².